The van der Waals surface area contributed by atoms with Crippen LogP contribution in [-0.4, -0.2) is 24.5 Å². The molecule has 1 nitrogen and oxygen atoms in total. The molecule has 0 spiro atoms. The van der Waals surface area contributed by atoms with E-state index in [1.807, 2.05) is 0 Å². The Hall–Kier alpha value is -1.22. The first-order chi connectivity index (χ1) is 15.0. The molecule has 2 aromatic rings. The number of benzene rings is 2. The summed E-state index contributed by atoms with van der Waals surface area (Å²) in [5.74, 6) is 0.946. The zero-order chi connectivity index (χ0) is 22.5. The molecule has 0 heterocycles. The van der Waals surface area contributed by atoms with Crippen LogP contribution in [0.5, 0.6) is 5.75 Å². The quantitative estimate of drug-likeness (QED) is 0.176. The molecule has 0 fully saturated rings. The maximum atomic E-state index is 5.79. The molecule has 0 N–H and O–H groups in total. The Morgan fingerprint density at radius 2 is 1.29 bits per heavy atom. The number of unbranched alkanes of at least 4 members (excludes halogenated alkanes) is 3. The molecule has 0 radical (unpaired) electrons. The van der Waals surface area contributed by atoms with Crippen molar-refractivity contribution in [1.29, 1.82) is 0 Å². The summed E-state index contributed by atoms with van der Waals surface area (Å²) in [6, 6.07) is 17.9. The van der Waals surface area contributed by atoms with Gasteiger partial charge in [0, 0.05) is 0 Å². The molecule has 0 saturated heterocycles. The fourth-order valence-corrected chi connectivity index (χ4v) is 21.3. The zero-order valence-electron chi connectivity index (χ0n) is 20.6. The van der Waals surface area contributed by atoms with Gasteiger partial charge in [-0.05, 0) is 0 Å². The van der Waals surface area contributed by atoms with Crippen LogP contribution in [0.4, 0.5) is 0 Å². The first kappa shape index (κ1) is 26.0. The second kappa shape index (κ2) is 14.0. The summed E-state index contributed by atoms with van der Waals surface area (Å²) in [4.78, 5) is 0. The molecule has 170 valence electrons. The van der Waals surface area contributed by atoms with E-state index in [2.05, 4.69) is 95.3 Å². The van der Waals surface area contributed by atoms with E-state index in [9.17, 15) is 0 Å². The second-order valence-corrected chi connectivity index (χ2v) is 22.4. The third-order valence-corrected chi connectivity index (χ3v) is 22.0. The van der Waals surface area contributed by atoms with Crippen molar-refractivity contribution in [3.63, 3.8) is 0 Å². The van der Waals surface area contributed by atoms with E-state index >= 15 is 0 Å². The molecule has 31 heavy (non-hydrogen) atoms. The molecule has 0 unspecified atom stereocenters. The molecule has 0 aliphatic carbocycles. The third kappa shape index (κ3) is 8.33. The topological polar surface area (TPSA) is 9.23 Å². The van der Waals surface area contributed by atoms with Gasteiger partial charge in [-0.1, -0.05) is 0 Å². The maximum absolute atomic E-state index is 5.79. The molecular formula is C29H44OSn. The summed E-state index contributed by atoms with van der Waals surface area (Å²) < 4.78 is 12.1. The number of ether oxygens (including phenoxy) is 1. The Morgan fingerprint density at radius 3 is 1.81 bits per heavy atom. The second-order valence-electron chi connectivity index (χ2n) is 9.25. The third-order valence-electron chi connectivity index (χ3n) is 6.27. The van der Waals surface area contributed by atoms with E-state index in [1.54, 1.807) is 3.58 Å². The van der Waals surface area contributed by atoms with Crippen LogP contribution in [-0.2, 0) is 0 Å². The molecule has 0 aliphatic heterocycles. The first-order valence-electron chi connectivity index (χ1n) is 12.6. The normalized spacial score (nSPS) is 12.1. The van der Waals surface area contributed by atoms with Crippen molar-refractivity contribution in [2.75, 3.05) is 0 Å². The van der Waals surface area contributed by atoms with Crippen molar-refractivity contribution in [3.8, 4) is 5.75 Å². The van der Waals surface area contributed by atoms with E-state index in [-0.39, 0.29) is 6.10 Å². The fraction of sp³-hybridized carbons (Fsp3) is 0.517. The van der Waals surface area contributed by atoms with Gasteiger partial charge in [0.1, 0.15) is 0 Å². The van der Waals surface area contributed by atoms with Gasteiger partial charge in [-0.15, -0.1) is 0 Å². The minimum atomic E-state index is -2.45. The van der Waals surface area contributed by atoms with Crippen LogP contribution in [0.2, 0.25) is 13.3 Å². The minimum absolute atomic E-state index is 0.211. The monoisotopic (exact) mass is 528 g/mol. The van der Waals surface area contributed by atoms with Gasteiger partial charge in [0.2, 0.25) is 0 Å². The molecule has 0 atom stereocenters. The Labute approximate surface area is 196 Å². The van der Waals surface area contributed by atoms with Crippen molar-refractivity contribution in [2.24, 2.45) is 0 Å². The summed E-state index contributed by atoms with van der Waals surface area (Å²) in [7, 11) is 0. The molecule has 0 saturated carbocycles. The van der Waals surface area contributed by atoms with Crippen LogP contribution in [0, 0.1) is 0 Å². The van der Waals surface area contributed by atoms with Gasteiger partial charge >= 0.3 is 197 Å². The molecule has 2 rings (SSSR count). The standard InChI is InChI=1S/C17H17O.3C4H9.Sn/c1-14(2)18-17-12-10-16(11-13-17)9-8-15-6-4-3-5-7-15;3*1-3-4-2;/h3-6,8-14H,1-2H3;3*1,3-4H2,2H3;/b9-8+;;;;. The van der Waals surface area contributed by atoms with E-state index in [4.69, 9.17) is 4.74 Å². The summed E-state index contributed by atoms with van der Waals surface area (Å²) in [6.07, 6.45) is 13.0. The van der Waals surface area contributed by atoms with E-state index < -0.39 is 18.4 Å². The van der Waals surface area contributed by atoms with Crippen LogP contribution in [0.1, 0.15) is 84.3 Å². The van der Waals surface area contributed by atoms with Crippen LogP contribution >= 0.6 is 0 Å². The van der Waals surface area contributed by atoms with Crippen LogP contribution in [0.3, 0.4) is 0 Å². The van der Waals surface area contributed by atoms with Crippen LogP contribution in [0.25, 0.3) is 12.2 Å². The van der Waals surface area contributed by atoms with Crippen molar-refractivity contribution >= 4 is 34.1 Å². The summed E-state index contributed by atoms with van der Waals surface area (Å²) in [6.45, 7) is 11.2. The number of hydrogen-bond donors (Lipinski definition) is 0. The molecule has 0 amide bonds. The Balaban J connectivity index is 2.35. The Bertz CT molecular complexity index is 754. The predicted molar refractivity (Wildman–Crippen MR) is 142 cm³/mol. The van der Waals surface area contributed by atoms with Gasteiger partial charge in [0.15, 0.2) is 0 Å². The molecule has 0 bridgehead atoms. The number of rotatable bonds is 14. The zero-order valence-corrected chi connectivity index (χ0v) is 23.5. The molecular weight excluding hydrogens is 483 g/mol. The van der Waals surface area contributed by atoms with Gasteiger partial charge in [0.05, 0.1) is 0 Å². The van der Waals surface area contributed by atoms with E-state index in [0.29, 0.717) is 0 Å². The van der Waals surface area contributed by atoms with Gasteiger partial charge in [0.25, 0.3) is 0 Å². The van der Waals surface area contributed by atoms with Crippen LogP contribution in [0.15, 0.2) is 48.5 Å². The summed E-state index contributed by atoms with van der Waals surface area (Å²) in [5, 5.41) is 0. The average Bonchev–Trinajstić information content (AvgIpc) is 2.78. The van der Waals surface area contributed by atoms with Crippen LogP contribution < -0.4 is 8.32 Å². The van der Waals surface area contributed by atoms with Gasteiger partial charge < -0.3 is 0 Å². The Kier molecular flexibility index (Phi) is 11.8. The fourth-order valence-electron chi connectivity index (χ4n) is 4.57. The van der Waals surface area contributed by atoms with E-state index in [0.717, 1.165) is 5.75 Å². The summed E-state index contributed by atoms with van der Waals surface area (Å²) in [5.41, 5.74) is 2.71. The van der Waals surface area contributed by atoms with Crippen molar-refractivity contribution in [2.45, 2.75) is 92.6 Å². The van der Waals surface area contributed by atoms with Crippen molar-refractivity contribution in [3.05, 3.63) is 59.7 Å². The van der Waals surface area contributed by atoms with Gasteiger partial charge in [-0.3, -0.25) is 0 Å². The van der Waals surface area contributed by atoms with Gasteiger partial charge in [-0.25, -0.2) is 0 Å². The predicted octanol–water partition coefficient (Wildman–Crippen LogP) is 8.70. The molecule has 0 aromatic heterocycles. The molecule has 2 heteroatoms. The number of hydrogen-bond acceptors (Lipinski definition) is 1. The SMILES string of the molecule is CCC[CH2][Sn]([CH2]CCC)([CH2]CCC)[c]1ccccc1/C=C/c1ccc(OC(C)C)cc1. The molecule has 0 aliphatic rings. The Morgan fingerprint density at radius 1 is 0.742 bits per heavy atom. The first-order valence-corrected chi connectivity index (χ1v) is 20.1. The van der Waals surface area contributed by atoms with Gasteiger partial charge in [-0.2, -0.15) is 0 Å². The van der Waals surface area contributed by atoms with Crippen molar-refractivity contribution in [1.82, 2.24) is 0 Å². The average molecular weight is 527 g/mol. The molecule has 2 aromatic carbocycles. The van der Waals surface area contributed by atoms with Crippen molar-refractivity contribution < 1.29 is 4.74 Å². The summed E-state index contributed by atoms with van der Waals surface area (Å²) >= 11 is -2.45. The van der Waals surface area contributed by atoms with E-state index in [1.165, 1.54) is 63.0 Å².